The molecule has 0 aliphatic rings. The number of ether oxygens (including phenoxy) is 1. The molecule has 0 spiro atoms. The molecular formula is C22H46O2. The SMILES string of the molecule is C=COCCCCCCCCCCCCCCCCCC.CCO. The van der Waals surface area contributed by atoms with Crippen molar-refractivity contribution < 1.29 is 9.84 Å². The molecule has 0 saturated carbocycles. The van der Waals surface area contributed by atoms with Crippen LogP contribution in [0.3, 0.4) is 0 Å². The summed E-state index contributed by atoms with van der Waals surface area (Å²) >= 11 is 0. The second-order valence-electron chi connectivity index (χ2n) is 6.66. The van der Waals surface area contributed by atoms with Gasteiger partial charge in [-0.25, -0.2) is 0 Å². The molecule has 0 heterocycles. The van der Waals surface area contributed by atoms with Gasteiger partial charge < -0.3 is 9.84 Å². The van der Waals surface area contributed by atoms with E-state index in [1.165, 1.54) is 103 Å². The first-order chi connectivity index (χ1) is 11.8. The van der Waals surface area contributed by atoms with E-state index >= 15 is 0 Å². The Bertz CT molecular complexity index is 204. The Balaban J connectivity index is 0. The van der Waals surface area contributed by atoms with Crippen LogP contribution < -0.4 is 0 Å². The highest BCUT2D eigenvalue weighted by Crippen LogP contribution is 2.13. The van der Waals surface area contributed by atoms with Crippen LogP contribution in [-0.4, -0.2) is 18.3 Å². The summed E-state index contributed by atoms with van der Waals surface area (Å²) in [5.74, 6) is 0. The normalized spacial score (nSPS) is 10.1. The summed E-state index contributed by atoms with van der Waals surface area (Å²) in [6.07, 6.45) is 24.2. The Morgan fingerprint density at radius 1 is 0.625 bits per heavy atom. The highest BCUT2D eigenvalue weighted by molar-refractivity contribution is 4.51. The Morgan fingerprint density at radius 2 is 0.917 bits per heavy atom. The summed E-state index contributed by atoms with van der Waals surface area (Å²) in [7, 11) is 0. The fourth-order valence-electron chi connectivity index (χ4n) is 2.82. The molecule has 0 atom stereocenters. The number of hydrogen-bond donors (Lipinski definition) is 1. The first kappa shape index (κ1) is 25.7. The molecule has 0 aliphatic heterocycles. The van der Waals surface area contributed by atoms with Crippen LogP contribution in [0.15, 0.2) is 12.8 Å². The molecular weight excluding hydrogens is 296 g/mol. The van der Waals surface area contributed by atoms with Crippen LogP contribution in [0.5, 0.6) is 0 Å². The van der Waals surface area contributed by atoms with Crippen LogP contribution in [0.4, 0.5) is 0 Å². The zero-order valence-corrected chi connectivity index (χ0v) is 16.9. The molecule has 0 unspecified atom stereocenters. The maximum atomic E-state index is 7.57. The number of hydrogen-bond acceptors (Lipinski definition) is 2. The highest BCUT2D eigenvalue weighted by atomic mass is 16.5. The fraction of sp³-hybridized carbons (Fsp3) is 0.909. The molecule has 2 heteroatoms. The maximum absolute atomic E-state index is 7.57. The van der Waals surface area contributed by atoms with Crippen LogP contribution in [0.1, 0.15) is 117 Å². The van der Waals surface area contributed by atoms with Crippen LogP contribution in [0.2, 0.25) is 0 Å². The van der Waals surface area contributed by atoms with Crippen LogP contribution >= 0.6 is 0 Å². The first-order valence-electron chi connectivity index (χ1n) is 10.7. The molecule has 2 nitrogen and oxygen atoms in total. The number of aliphatic hydroxyl groups is 1. The lowest BCUT2D eigenvalue weighted by Gasteiger charge is -2.03. The van der Waals surface area contributed by atoms with Gasteiger partial charge in [0.25, 0.3) is 0 Å². The van der Waals surface area contributed by atoms with Crippen molar-refractivity contribution in [1.29, 1.82) is 0 Å². The molecule has 0 aromatic carbocycles. The average Bonchev–Trinajstić information content (AvgIpc) is 2.58. The Kier molecular flexibility index (Phi) is 29.3. The van der Waals surface area contributed by atoms with Gasteiger partial charge in [0.2, 0.25) is 0 Å². The number of unbranched alkanes of at least 4 members (excludes halogenated alkanes) is 15. The molecule has 24 heavy (non-hydrogen) atoms. The molecule has 146 valence electrons. The summed E-state index contributed by atoms with van der Waals surface area (Å²) in [5.41, 5.74) is 0. The molecule has 0 amide bonds. The zero-order chi connectivity index (χ0) is 18.1. The van der Waals surface area contributed by atoms with E-state index in [-0.39, 0.29) is 6.61 Å². The van der Waals surface area contributed by atoms with Crippen molar-refractivity contribution in [2.45, 2.75) is 117 Å². The second-order valence-corrected chi connectivity index (χ2v) is 6.66. The van der Waals surface area contributed by atoms with Gasteiger partial charge in [-0.15, -0.1) is 0 Å². The van der Waals surface area contributed by atoms with Gasteiger partial charge in [0, 0.05) is 6.61 Å². The average molecular weight is 343 g/mol. The minimum atomic E-state index is 0.250. The second kappa shape index (κ2) is 27.4. The Labute approximate surface area is 153 Å². The lowest BCUT2D eigenvalue weighted by molar-refractivity contribution is 0.241. The summed E-state index contributed by atoms with van der Waals surface area (Å²) in [4.78, 5) is 0. The third-order valence-electron chi connectivity index (χ3n) is 4.23. The van der Waals surface area contributed by atoms with Crippen molar-refractivity contribution in [3.63, 3.8) is 0 Å². The van der Waals surface area contributed by atoms with Gasteiger partial charge in [-0.05, 0) is 13.3 Å². The molecule has 0 fully saturated rings. The fourth-order valence-corrected chi connectivity index (χ4v) is 2.82. The summed E-state index contributed by atoms with van der Waals surface area (Å²) < 4.78 is 5.12. The molecule has 0 aromatic rings. The standard InChI is InChI=1S/C20H40O.C2H6O/c1-3-5-6-7-8-9-10-11-12-13-14-15-16-17-18-19-20-21-4-2;1-2-3/h4H,2-3,5-20H2,1H3;3H,2H2,1H3. The summed E-state index contributed by atoms with van der Waals surface area (Å²) in [6, 6.07) is 0. The lowest BCUT2D eigenvalue weighted by atomic mass is 10.0. The van der Waals surface area contributed by atoms with E-state index in [9.17, 15) is 0 Å². The van der Waals surface area contributed by atoms with E-state index in [2.05, 4.69) is 13.5 Å². The quantitative estimate of drug-likeness (QED) is 0.207. The number of rotatable bonds is 18. The largest absolute Gasteiger partial charge is 0.502 e. The van der Waals surface area contributed by atoms with Gasteiger partial charge in [-0.3, -0.25) is 0 Å². The van der Waals surface area contributed by atoms with Gasteiger partial charge in [-0.2, -0.15) is 0 Å². The topological polar surface area (TPSA) is 29.5 Å². The van der Waals surface area contributed by atoms with Gasteiger partial charge in [0.05, 0.1) is 12.9 Å². The van der Waals surface area contributed by atoms with Crippen LogP contribution in [-0.2, 0) is 4.74 Å². The molecule has 0 saturated heterocycles. The third-order valence-corrected chi connectivity index (χ3v) is 4.23. The van der Waals surface area contributed by atoms with Gasteiger partial charge in [-0.1, -0.05) is 110 Å². The maximum Gasteiger partial charge on any atom is 0.0873 e. The van der Waals surface area contributed by atoms with Crippen molar-refractivity contribution in [3.05, 3.63) is 12.8 Å². The van der Waals surface area contributed by atoms with Gasteiger partial charge in [0.1, 0.15) is 0 Å². The summed E-state index contributed by atoms with van der Waals surface area (Å²) in [6.45, 7) is 8.62. The van der Waals surface area contributed by atoms with Crippen molar-refractivity contribution in [2.75, 3.05) is 13.2 Å². The van der Waals surface area contributed by atoms with Crippen LogP contribution in [0.25, 0.3) is 0 Å². The molecule has 0 aliphatic carbocycles. The van der Waals surface area contributed by atoms with Gasteiger partial charge >= 0.3 is 0 Å². The van der Waals surface area contributed by atoms with E-state index in [0.29, 0.717) is 0 Å². The predicted octanol–water partition coefficient (Wildman–Crippen LogP) is 7.41. The lowest BCUT2D eigenvalue weighted by Crippen LogP contribution is -1.87. The Hall–Kier alpha value is -0.500. The predicted molar refractivity (Wildman–Crippen MR) is 108 cm³/mol. The van der Waals surface area contributed by atoms with Crippen molar-refractivity contribution in [2.24, 2.45) is 0 Å². The molecule has 0 radical (unpaired) electrons. The summed E-state index contributed by atoms with van der Waals surface area (Å²) in [5, 5.41) is 7.57. The van der Waals surface area contributed by atoms with Crippen LogP contribution in [0, 0.1) is 0 Å². The molecule has 0 rings (SSSR count). The van der Waals surface area contributed by atoms with E-state index in [1.807, 2.05) is 0 Å². The molecule has 0 bridgehead atoms. The van der Waals surface area contributed by atoms with Crippen molar-refractivity contribution >= 4 is 0 Å². The highest BCUT2D eigenvalue weighted by Gasteiger charge is 1.94. The number of aliphatic hydroxyl groups excluding tert-OH is 1. The third kappa shape index (κ3) is 29.5. The van der Waals surface area contributed by atoms with E-state index in [1.54, 1.807) is 13.2 Å². The Morgan fingerprint density at radius 3 is 1.21 bits per heavy atom. The van der Waals surface area contributed by atoms with Gasteiger partial charge in [0.15, 0.2) is 0 Å². The van der Waals surface area contributed by atoms with Crippen molar-refractivity contribution in [3.8, 4) is 0 Å². The zero-order valence-electron chi connectivity index (χ0n) is 16.9. The smallest absolute Gasteiger partial charge is 0.0873 e. The van der Waals surface area contributed by atoms with E-state index in [0.717, 1.165) is 6.61 Å². The first-order valence-corrected chi connectivity index (χ1v) is 10.7. The molecule has 1 N–H and O–H groups in total. The molecule has 0 aromatic heterocycles. The minimum absolute atomic E-state index is 0.250. The minimum Gasteiger partial charge on any atom is -0.502 e. The van der Waals surface area contributed by atoms with E-state index in [4.69, 9.17) is 9.84 Å². The monoisotopic (exact) mass is 342 g/mol. The van der Waals surface area contributed by atoms with Crippen molar-refractivity contribution in [1.82, 2.24) is 0 Å². The van der Waals surface area contributed by atoms with E-state index < -0.39 is 0 Å².